The van der Waals surface area contributed by atoms with Crippen molar-refractivity contribution in [3.05, 3.63) is 24.3 Å². The van der Waals surface area contributed by atoms with Crippen LogP contribution < -0.4 is 10.5 Å². The molecule has 2 heterocycles. The van der Waals surface area contributed by atoms with Gasteiger partial charge in [0.05, 0.1) is 47.6 Å². The van der Waals surface area contributed by atoms with E-state index in [1.807, 2.05) is 27.7 Å². The maximum atomic E-state index is 14.4. The van der Waals surface area contributed by atoms with Gasteiger partial charge in [-0.15, -0.1) is 0 Å². The molecule has 306 valence electrons. The molecular weight excluding hydrogens is 711 g/mol. The van der Waals surface area contributed by atoms with Crippen LogP contribution in [0.5, 0.6) is 0 Å². The van der Waals surface area contributed by atoms with E-state index in [9.17, 15) is 27.6 Å². The van der Waals surface area contributed by atoms with Gasteiger partial charge >= 0.3 is 0 Å². The van der Waals surface area contributed by atoms with Crippen molar-refractivity contribution in [3.63, 3.8) is 0 Å². The summed E-state index contributed by atoms with van der Waals surface area (Å²) in [6.07, 6.45) is 3.58. The number of hydrogen-bond acceptors (Lipinski definition) is 10. The van der Waals surface area contributed by atoms with E-state index in [2.05, 4.69) is 23.5 Å². The van der Waals surface area contributed by atoms with Crippen LogP contribution >= 0.6 is 0 Å². The van der Waals surface area contributed by atoms with Gasteiger partial charge in [-0.1, -0.05) is 47.5 Å². The maximum Gasteiger partial charge on any atom is 0.264 e. The fourth-order valence-corrected chi connectivity index (χ4v) is 9.44. The molecule has 0 radical (unpaired) electrons. The molecule has 2 saturated heterocycles. The van der Waals surface area contributed by atoms with E-state index < -0.39 is 52.1 Å². The Morgan fingerprint density at radius 1 is 0.926 bits per heavy atom. The Hall–Kier alpha value is -3.07. The fourth-order valence-electron chi connectivity index (χ4n) is 8.38. The number of hydrogen-bond donors (Lipinski definition) is 2. The van der Waals surface area contributed by atoms with Gasteiger partial charge in [0.15, 0.2) is 5.78 Å². The van der Waals surface area contributed by atoms with Crippen molar-refractivity contribution >= 4 is 39.2 Å². The highest BCUT2D eigenvalue weighted by Gasteiger charge is 2.43. The third kappa shape index (κ3) is 11.0. The summed E-state index contributed by atoms with van der Waals surface area (Å²) in [5.41, 5.74) is 6.09. The van der Waals surface area contributed by atoms with Crippen LogP contribution in [0.2, 0.25) is 0 Å². The molecule has 13 nitrogen and oxygen atoms in total. The number of amides is 3. The van der Waals surface area contributed by atoms with E-state index in [0.29, 0.717) is 25.1 Å². The van der Waals surface area contributed by atoms with Crippen LogP contribution in [0.1, 0.15) is 99.8 Å². The number of likely N-dealkylation sites (N-methyl/N-ethyl adjacent to an activating group) is 1. The number of Topliss-reactive ketones (excluding diaryl/α,β-unsaturated/α-hetero) is 1. The van der Waals surface area contributed by atoms with Gasteiger partial charge in [-0.3, -0.25) is 24.1 Å². The summed E-state index contributed by atoms with van der Waals surface area (Å²) in [5, 5.41) is 0. The number of anilines is 1. The van der Waals surface area contributed by atoms with Gasteiger partial charge in [-0.05, 0) is 82.2 Å². The average Bonchev–Trinajstić information content (AvgIpc) is 3.62. The molecule has 0 spiro atoms. The highest BCUT2D eigenvalue weighted by molar-refractivity contribution is 7.90. The molecule has 2 aliphatic rings. The largest absolute Gasteiger partial charge is 0.399 e. The van der Waals surface area contributed by atoms with E-state index in [1.165, 1.54) is 31.4 Å². The smallest absolute Gasteiger partial charge is 0.264 e. The fraction of sp³-hybridized carbons (Fsp3) is 0.750. The minimum atomic E-state index is -4.16. The highest BCUT2D eigenvalue weighted by atomic mass is 32.2. The topological polar surface area (TPSA) is 169 Å². The van der Waals surface area contributed by atoms with Crippen LogP contribution in [0.3, 0.4) is 0 Å². The number of carbonyl (C=O) groups excluding carboxylic acids is 4. The number of nitrogen functional groups attached to an aromatic ring is 1. The molecule has 0 aliphatic carbocycles. The second kappa shape index (κ2) is 20.2. The summed E-state index contributed by atoms with van der Waals surface area (Å²) < 4.78 is 39.9. The molecule has 1 aromatic carbocycles. The quantitative estimate of drug-likeness (QED) is 0.191. The van der Waals surface area contributed by atoms with Crippen molar-refractivity contribution in [2.45, 2.75) is 141 Å². The van der Waals surface area contributed by atoms with Gasteiger partial charge in [0.2, 0.25) is 17.7 Å². The Labute approximate surface area is 324 Å². The minimum absolute atomic E-state index is 0.0150. The van der Waals surface area contributed by atoms with Gasteiger partial charge in [0.25, 0.3) is 10.0 Å². The van der Waals surface area contributed by atoms with Crippen LogP contribution in [0.15, 0.2) is 29.2 Å². The lowest BCUT2D eigenvalue weighted by molar-refractivity contribution is -0.149. The second-order valence-electron chi connectivity index (χ2n) is 16.0. The molecule has 14 heteroatoms. The summed E-state index contributed by atoms with van der Waals surface area (Å²) >= 11 is 0. The first-order chi connectivity index (χ1) is 25.4. The third-order valence-electron chi connectivity index (χ3n) is 11.8. The number of ether oxygens (including phenoxy) is 2. The molecule has 0 unspecified atom stereocenters. The van der Waals surface area contributed by atoms with Gasteiger partial charge in [-0.25, -0.2) is 13.1 Å². The zero-order valence-electron chi connectivity index (χ0n) is 34.2. The van der Waals surface area contributed by atoms with Crippen molar-refractivity contribution in [1.29, 1.82) is 0 Å². The van der Waals surface area contributed by atoms with E-state index in [1.54, 1.807) is 30.9 Å². The Kier molecular flexibility index (Phi) is 17.0. The standard InChI is InChI=1S/C40H67N5O8S/c1-11-27(6)37(43(8)40(49)31(25(2)3)23-34(46)32-15-12-13-21-44(32)26(4)5)35(52-9)24-36(47)45-22-14-16-33(45)38(53-10)28(7)39(48)42-54(50,51)30-19-17-29(41)18-20-30/h17-20,25-28,31-33,35,37-38H,11-16,21-24,41H2,1-10H3,(H,42,48)/t27-,28+,31-,32+,33-,35+,37-,38+/m0/s1. The summed E-state index contributed by atoms with van der Waals surface area (Å²) in [6, 6.07) is 4.67. The molecule has 0 aromatic heterocycles. The van der Waals surface area contributed by atoms with Crippen LogP contribution in [0.4, 0.5) is 5.69 Å². The molecule has 3 amide bonds. The number of nitrogens with one attached hydrogen (secondary N) is 1. The lowest BCUT2D eigenvalue weighted by Gasteiger charge is -2.41. The van der Waals surface area contributed by atoms with E-state index in [-0.39, 0.29) is 59.3 Å². The van der Waals surface area contributed by atoms with Gasteiger partial charge in [0.1, 0.15) is 0 Å². The predicted molar refractivity (Wildman–Crippen MR) is 210 cm³/mol. The molecule has 54 heavy (non-hydrogen) atoms. The number of likely N-dealkylation sites (tertiary alicyclic amines) is 2. The normalized spacial score (nSPS) is 21.7. The zero-order chi connectivity index (χ0) is 40.5. The molecule has 3 rings (SSSR count). The molecule has 0 saturated carbocycles. The van der Waals surface area contributed by atoms with Crippen LogP contribution in [0, 0.1) is 23.7 Å². The number of carbonyl (C=O) groups is 4. The molecular formula is C40H67N5O8S. The van der Waals surface area contributed by atoms with Gasteiger partial charge < -0.3 is 25.0 Å². The Morgan fingerprint density at radius 2 is 1.57 bits per heavy atom. The van der Waals surface area contributed by atoms with Crippen molar-refractivity contribution in [2.24, 2.45) is 23.7 Å². The number of piperidine rings is 1. The Morgan fingerprint density at radius 3 is 2.13 bits per heavy atom. The number of methoxy groups -OCH3 is 2. The Bertz CT molecular complexity index is 1520. The summed E-state index contributed by atoms with van der Waals surface area (Å²) in [4.78, 5) is 61.2. The monoisotopic (exact) mass is 777 g/mol. The van der Waals surface area contributed by atoms with Crippen molar-refractivity contribution in [1.82, 2.24) is 19.4 Å². The van der Waals surface area contributed by atoms with E-state index in [4.69, 9.17) is 15.2 Å². The van der Waals surface area contributed by atoms with E-state index >= 15 is 0 Å². The lowest BCUT2D eigenvalue weighted by atomic mass is 9.83. The maximum absolute atomic E-state index is 14.4. The van der Waals surface area contributed by atoms with Crippen LogP contribution in [-0.4, -0.2) is 117 Å². The Balaban J connectivity index is 1.78. The van der Waals surface area contributed by atoms with Gasteiger partial charge in [0, 0.05) is 51.9 Å². The summed E-state index contributed by atoms with van der Waals surface area (Å²) in [5.74, 6) is -2.49. The highest BCUT2D eigenvalue weighted by Crippen LogP contribution is 2.32. The number of sulfonamides is 1. The first kappa shape index (κ1) is 45.3. The molecule has 2 fully saturated rings. The van der Waals surface area contributed by atoms with Gasteiger partial charge in [-0.2, -0.15) is 0 Å². The number of benzene rings is 1. The first-order valence-corrected chi connectivity index (χ1v) is 21.2. The summed E-state index contributed by atoms with van der Waals surface area (Å²) in [6.45, 7) is 15.2. The molecule has 3 N–H and O–H groups in total. The predicted octanol–water partition coefficient (Wildman–Crippen LogP) is 4.49. The first-order valence-electron chi connectivity index (χ1n) is 19.7. The number of nitrogens with zero attached hydrogens (tertiary/aromatic N) is 3. The molecule has 8 atom stereocenters. The number of rotatable bonds is 19. The molecule has 2 aliphatic heterocycles. The number of ketones is 1. The minimum Gasteiger partial charge on any atom is -0.399 e. The lowest BCUT2D eigenvalue weighted by Crippen LogP contribution is -2.54. The third-order valence-corrected chi connectivity index (χ3v) is 13.2. The molecule has 1 aromatic rings. The SMILES string of the molecule is CC[C@H](C)[C@@H]([C@@H](CC(=O)N1CCC[C@H]1[C@H](OC)[C@@H](C)C(=O)NS(=O)(=O)c1ccc(N)cc1)OC)N(C)C(=O)[C@@H](CC(=O)[C@H]1CCCCN1C(C)C)C(C)C. The van der Waals surface area contributed by atoms with Crippen LogP contribution in [0.25, 0.3) is 0 Å². The zero-order valence-corrected chi connectivity index (χ0v) is 35.1. The average molecular weight is 778 g/mol. The van der Waals surface area contributed by atoms with Crippen molar-refractivity contribution in [3.8, 4) is 0 Å². The summed E-state index contributed by atoms with van der Waals surface area (Å²) in [7, 11) is 0.594. The van der Waals surface area contributed by atoms with Crippen molar-refractivity contribution < 1.29 is 37.1 Å². The van der Waals surface area contributed by atoms with E-state index in [0.717, 1.165) is 32.2 Å². The van der Waals surface area contributed by atoms with Crippen molar-refractivity contribution in [2.75, 3.05) is 40.1 Å². The van der Waals surface area contributed by atoms with Crippen LogP contribution in [-0.2, 0) is 38.7 Å². The second-order valence-corrected chi connectivity index (χ2v) is 17.7. The number of nitrogens with two attached hydrogens (primary N) is 1. The molecule has 0 bridgehead atoms.